The Bertz CT molecular complexity index is 432. The molecule has 1 aromatic carbocycles. The summed E-state index contributed by atoms with van der Waals surface area (Å²) in [6, 6.07) is 6.20. The van der Waals surface area contributed by atoms with Gasteiger partial charge in [-0.3, -0.25) is 4.90 Å². The molecular formula is C15H24N2O2. The first-order valence-electron chi connectivity index (χ1n) is 6.77. The molecule has 1 heterocycles. The van der Waals surface area contributed by atoms with E-state index in [2.05, 4.69) is 43.2 Å². The number of nitrogens with one attached hydrogen (secondary N) is 1. The molecule has 0 fully saturated rings. The minimum atomic E-state index is 0.113. The van der Waals surface area contributed by atoms with Crippen LogP contribution in [0.4, 0.5) is 0 Å². The number of nitrogens with zero attached hydrogens (tertiary/aromatic N) is 1. The van der Waals surface area contributed by atoms with E-state index in [0.717, 1.165) is 24.6 Å². The maximum atomic E-state index is 5.62. The molecule has 2 rings (SSSR count). The van der Waals surface area contributed by atoms with E-state index in [1.54, 1.807) is 0 Å². The summed E-state index contributed by atoms with van der Waals surface area (Å²) in [4.78, 5) is 2.34. The van der Waals surface area contributed by atoms with Crippen molar-refractivity contribution in [3.8, 4) is 11.5 Å². The zero-order valence-corrected chi connectivity index (χ0v) is 12.3. The summed E-state index contributed by atoms with van der Waals surface area (Å²) < 4.78 is 11.2. The Morgan fingerprint density at radius 2 is 1.89 bits per heavy atom. The predicted molar refractivity (Wildman–Crippen MR) is 76.9 cm³/mol. The van der Waals surface area contributed by atoms with Crippen LogP contribution in [0, 0.1) is 0 Å². The fraction of sp³-hybridized carbons (Fsp3) is 0.600. The van der Waals surface area contributed by atoms with E-state index in [0.29, 0.717) is 13.2 Å². The topological polar surface area (TPSA) is 33.7 Å². The quantitative estimate of drug-likeness (QED) is 0.880. The molecule has 1 N–H and O–H groups in total. The number of hydrogen-bond donors (Lipinski definition) is 1. The van der Waals surface area contributed by atoms with Gasteiger partial charge in [0.1, 0.15) is 13.2 Å². The van der Waals surface area contributed by atoms with Gasteiger partial charge in [0.05, 0.1) is 0 Å². The minimum Gasteiger partial charge on any atom is -0.486 e. The summed E-state index contributed by atoms with van der Waals surface area (Å²) in [6.07, 6.45) is 0. The molecule has 1 aliphatic rings. The van der Waals surface area contributed by atoms with Crippen LogP contribution >= 0.6 is 0 Å². The number of likely N-dealkylation sites (N-methyl/N-ethyl adjacent to an activating group) is 2. The first kappa shape index (κ1) is 14.2. The molecule has 0 radical (unpaired) electrons. The van der Waals surface area contributed by atoms with Gasteiger partial charge in [-0.05, 0) is 45.6 Å². The van der Waals surface area contributed by atoms with Gasteiger partial charge in [0.25, 0.3) is 0 Å². The highest BCUT2D eigenvalue weighted by Crippen LogP contribution is 2.31. The molecule has 1 aliphatic heterocycles. The number of rotatable bonds is 5. The van der Waals surface area contributed by atoms with Crippen molar-refractivity contribution in [2.24, 2.45) is 0 Å². The first-order valence-corrected chi connectivity index (χ1v) is 6.77. The molecule has 0 aliphatic carbocycles. The summed E-state index contributed by atoms with van der Waals surface area (Å²) in [5.74, 6) is 1.72. The lowest BCUT2D eigenvalue weighted by molar-refractivity contribution is 0.146. The van der Waals surface area contributed by atoms with Gasteiger partial charge in [0.15, 0.2) is 11.5 Å². The number of hydrogen-bond acceptors (Lipinski definition) is 4. The first-order chi connectivity index (χ1) is 9.03. The normalized spacial score (nSPS) is 14.8. The Morgan fingerprint density at radius 3 is 2.58 bits per heavy atom. The largest absolute Gasteiger partial charge is 0.486 e. The molecule has 0 spiro atoms. The van der Waals surface area contributed by atoms with Crippen molar-refractivity contribution in [3.63, 3.8) is 0 Å². The second kappa shape index (κ2) is 5.80. The van der Waals surface area contributed by atoms with Crippen LogP contribution in [0.25, 0.3) is 0 Å². The van der Waals surface area contributed by atoms with Crippen molar-refractivity contribution in [1.29, 1.82) is 0 Å². The van der Waals surface area contributed by atoms with Crippen LogP contribution in [-0.4, -0.2) is 44.3 Å². The Kier molecular flexibility index (Phi) is 4.32. The lowest BCUT2D eigenvalue weighted by Gasteiger charge is -2.35. The van der Waals surface area contributed by atoms with Gasteiger partial charge in [-0.2, -0.15) is 0 Å². The Hall–Kier alpha value is -1.26. The Morgan fingerprint density at radius 1 is 1.21 bits per heavy atom. The van der Waals surface area contributed by atoms with Gasteiger partial charge < -0.3 is 14.8 Å². The lowest BCUT2D eigenvalue weighted by atomic mass is 10.0. The van der Waals surface area contributed by atoms with E-state index in [1.807, 2.05) is 13.1 Å². The number of benzene rings is 1. The summed E-state index contributed by atoms with van der Waals surface area (Å²) in [5.41, 5.74) is 1.36. The molecule has 0 saturated heterocycles. The third-order valence-electron chi connectivity index (χ3n) is 3.67. The van der Waals surface area contributed by atoms with E-state index in [9.17, 15) is 0 Å². The predicted octanol–water partition coefficient (Wildman–Crippen LogP) is 1.89. The van der Waals surface area contributed by atoms with Gasteiger partial charge in [-0.1, -0.05) is 6.07 Å². The fourth-order valence-electron chi connectivity index (χ4n) is 2.24. The Balaban J connectivity index is 2.07. The molecule has 0 aromatic heterocycles. The molecular weight excluding hydrogens is 240 g/mol. The smallest absolute Gasteiger partial charge is 0.161 e. The minimum absolute atomic E-state index is 0.113. The second-order valence-electron chi connectivity index (χ2n) is 5.68. The third kappa shape index (κ3) is 3.39. The van der Waals surface area contributed by atoms with Crippen LogP contribution in [0.5, 0.6) is 11.5 Å². The summed E-state index contributed by atoms with van der Waals surface area (Å²) in [5, 5.41) is 3.24. The zero-order chi connectivity index (χ0) is 13.9. The van der Waals surface area contributed by atoms with Gasteiger partial charge in [-0.15, -0.1) is 0 Å². The van der Waals surface area contributed by atoms with Crippen molar-refractivity contribution >= 4 is 0 Å². The molecule has 0 amide bonds. The molecule has 0 atom stereocenters. The van der Waals surface area contributed by atoms with E-state index >= 15 is 0 Å². The average Bonchev–Trinajstić information content (AvgIpc) is 2.38. The van der Waals surface area contributed by atoms with Crippen LogP contribution in [-0.2, 0) is 6.54 Å². The molecule has 1 aromatic rings. The van der Waals surface area contributed by atoms with Crippen LogP contribution < -0.4 is 14.8 Å². The molecule has 4 nitrogen and oxygen atoms in total. The molecule has 0 saturated carbocycles. The van der Waals surface area contributed by atoms with E-state index in [1.165, 1.54) is 5.56 Å². The molecule has 0 unspecified atom stereocenters. The molecule has 0 bridgehead atoms. The fourth-order valence-corrected chi connectivity index (χ4v) is 2.24. The maximum absolute atomic E-state index is 5.62. The van der Waals surface area contributed by atoms with Gasteiger partial charge >= 0.3 is 0 Å². The number of fused-ring (bicyclic) bond motifs is 1. The highest BCUT2D eigenvalue weighted by atomic mass is 16.6. The average molecular weight is 264 g/mol. The van der Waals surface area contributed by atoms with Gasteiger partial charge in [0.2, 0.25) is 0 Å². The third-order valence-corrected chi connectivity index (χ3v) is 3.67. The van der Waals surface area contributed by atoms with Crippen LogP contribution in [0.1, 0.15) is 19.4 Å². The van der Waals surface area contributed by atoms with E-state index in [-0.39, 0.29) is 5.54 Å². The highest BCUT2D eigenvalue weighted by molar-refractivity contribution is 5.43. The summed E-state index contributed by atoms with van der Waals surface area (Å²) in [7, 11) is 4.13. The second-order valence-corrected chi connectivity index (χ2v) is 5.68. The molecule has 19 heavy (non-hydrogen) atoms. The van der Waals surface area contributed by atoms with Crippen LogP contribution in [0.3, 0.4) is 0 Å². The van der Waals surface area contributed by atoms with Crippen molar-refractivity contribution in [3.05, 3.63) is 23.8 Å². The zero-order valence-electron chi connectivity index (χ0n) is 12.3. The lowest BCUT2D eigenvalue weighted by Crippen LogP contribution is -2.47. The summed E-state index contributed by atoms with van der Waals surface area (Å²) >= 11 is 0. The highest BCUT2D eigenvalue weighted by Gasteiger charge is 2.23. The van der Waals surface area contributed by atoms with Crippen molar-refractivity contribution in [2.45, 2.75) is 25.9 Å². The number of ether oxygens (including phenoxy) is 2. The molecule has 4 heteroatoms. The van der Waals surface area contributed by atoms with E-state index in [4.69, 9.17) is 9.47 Å². The van der Waals surface area contributed by atoms with Gasteiger partial charge in [-0.25, -0.2) is 0 Å². The van der Waals surface area contributed by atoms with Crippen LogP contribution in [0.2, 0.25) is 0 Å². The monoisotopic (exact) mass is 264 g/mol. The van der Waals surface area contributed by atoms with Crippen molar-refractivity contribution in [1.82, 2.24) is 10.2 Å². The standard InChI is InChI=1S/C15H24N2O2/c1-15(2,11-16-3)17(4)10-12-5-6-13-14(9-12)19-8-7-18-13/h5-6,9,16H,7-8,10-11H2,1-4H3. The van der Waals surface area contributed by atoms with E-state index < -0.39 is 0 Å². The SMILES string of the molecule is CNCC(C)(C)N(C)Cc1ccc2c(c1)OCCO2. The van der Waals surface area contributed by atoms with Crippen molar-refractivity contribution in [2.75, 3.05) is 33.9 Å². The summed E-state index contributed by atoms with van der Waals surface area (Å²) in [6.45, 7) is 7.60. The van der Waals surface area contributed by atoms with Crippen molar-refractivity contribution < 1.29 is 9.47 Å². The maximum Gasteiger partial charge on any atom is 0.161 e. The Labute approximate surface area is 115 Å². The molecule has 106 valence electrons. The van der Waals surface area contributed by atoms with Gasteiger partial charge in [0, 0.05) is 18.6 Å². The van der Waals surface area contributed by atoms with Crippen LogP contribution in [0.15, 0.2) is 18.2 Å².